The van der Waals surface area contributed by atoms with Crippen LogP contribution >= 0.6 is 11.8 Å². The van der Waals surface area contributed by atoms with Crippen LogP contribution in [0.15, 0.2) is 66.9 Å². The van der Waals surface area contributed by atoms with E-state index >= 15 is 0 Å². The van der Waals surface area contributed by atoms with Gasteiger partial charge in [-0.2, -0.15) is 8.78 Å². The summed E-state index contributed by atoms with van der Waals surface area (Å²) in [6, 6.07) is 9.49. The summed E-state index contributed by atoms with van der Waals surface area (Å²) < 4.78 is 42.1. The Kier molecular flexibility index (Phi) is 9.28. The van der Waals surface area contributed by atoms with Gasteiger partial charge in [0.25, 0.3) is 11.6 Å². The number of esters is 1. The van der Waals surface area contributed by atoms with Crippen molar-refractivity contribution in [2.75, 3.05) is 25.5 Å². The summed E-state index contributed by atoms with van der Waals surface area (Å²) in [7, 11) is 0. The van der Waals surface area contributed by atoms with E-state index < -0.39 is 34.3 Å². The molecule has 2 unspecified atom stereocenters. The molecule has 1 amide bonds. The first kappa shape index (κ1) is 30.4. The van der Waals surface area contributed by atoms with Crippen LogP contribution < -0.4 is 14.5 Å². The fraction of sp³-hybridized carbons (Fsp3) is 0.379. The van der Waals surface area contributed by atoms with Gasteiger partial charge < -0.3 is 29.4 Å². The Bertz CT molecular complexity index is 1420. The number of ether oxygens (including phenoxy) is 3. The maximum Gasteiger partial charge on any atom is 0.387 e. The number of benzene rings is 2. The number of thioether (sulfide) groups is 1. The summed E-state index contributed by atoms with van der Waals surface area (Å²) in [4.78, 5) is 37.9. The molecule has 11 nitrogen and oxygen atoms in total. The van der Waals surface area contributed by atoms with Crippen LogP contribution in [0.5, 0.6) is 11.5 Å². The number of carbonyl (C=O) groups is 2. The number of nitro groups is 1. The van der Waals surface area contributed by atoms with E-state index in [4.69, 9.17) is 9.47 Å². The standard InChI is InChI=1S/C29H29F2N3O8S/c30-28(31)42-23-10-7-21(17-24(23)41-18-19-3-4-19)29(11-1-2-13-33(29)37)12-15-40-27(36)26-32(14-16-43-26)25(35)20-5-8-22(9-6-20)34(38)39/h1-2,5-11,13,17,19,26,28,33H,3-4,12,14-16,18H2/t26?,29-/m1/s1. The minimum absolute atomic E-state index is 0.0449. The molecule has 0 bridgehead atoms. The predicted molar refractivity (Wildman–Crippen MR) is 152 cm³/mol. The third-order valence-electron chi connectivity index (χ3n) is 7.44. The van der Waals surface area contributed by atoms with Crippen LogP contribution in [0.3, 0.4) is 0 Å². The molecule has 3 aliphatic rings. The lowest BCUT2D eigenvalue weighted by Gasteiger charge is -2.41. The Morgan fingerprint density at radius 2 is 1.91 bits per heavy atom. The zero-order valence-corrected chi connectivity index (χ0v) is 23.7. The molecule has 2 heterocycles. The third-order valence-corrected chi connectivity index (χ3v) is 8.63. The number of hydrogen-bond donors (Lipinski definition) is 1. The number of nitrogens with zero attached hydrogens (tertiary/aromatic N) is 2. The monoisotopic (exact) mass is 617 g/mol. The highest BCUT2D eigenvalue weighted by Crippen LogP contribution is 2.37. The van der Waals surface area contributed by atoms with Crippen molar-refractivity contribution in [2.24, 2.45) is 5.92 Å². The van der Waals surface area contributed by atoms with E-state index in [-0.39, 0.29) is 47.4 Å². The number of halogens is 2. The summed E-state index contributed by atoms with van der Waals surface area (Å²) in [5, 5.41) is 23.0. The number of alkyl halides is 2. The summed E-state index contributed by atoms with van der Waals surface area (Å²) in [5.74, 6) is -0.329. The maximum atomic E-state index is 13.3. The summed E-state index contributed by atoms with van der Waals surface area (Å²) in [6.07, 6.45) is 8.37. The lowest BCUT2D eigenvalue weighted by molar-refractivity contribution is -0.855. The van der Waals surface area contributed by atoms with Gasteiger partial charge in [-0.15, -0.1) is 11.8 Å². The van der Waals surface area contributed by atoms with Crippen LogP contribution in [0.1, 0.15) is 35.2 Å². The Morgan fingerprint density at radius 1 is 1.14 bits per heavy atom. The lowest BCUT2D eigenvalue weighted by atomic mass is 9.84. The fourth-order valence-electron chi connectivity index (χ4n) is 4.92. The van der Waals surface area contributed by atoms with Crippen molar-refractivity contribution in [3.63, 3.8) is 0 Å². The first-order chi connectivity index (χ1) is 20.7. The van der Waals surface area contributed by atoms with Crippen molar-refractivity contribution in [1.29, 1.82) is 0 Å². The zero-order valence-electron chi connectivity index (χ0n) is 22.9. The number of nitrogens with one attached hydrogen (secondary N) is 1. The van der Waals surface area contributed by atoms with Crippen molar-refractivity contribution in [3.05, 3.63) is 93.3 Å². The van der Waals surface area contributed by atoms with Gasteiger partial charge >= 0.3 is 12.6 Å². The SMILES string of the molecule is O=C(OCC[C@@]1(c2ccc(OC(F)F)c(OCC3CC3)c2)C=CC=C[NH+]1[O-])C1SCCN1C(=O)c1ccc([N+](=O)[O-])cc1. The van der Waals surface area contributed by atoms with E-state index in [2.05, 4.69) is 4.74 Å². The smallest absolute Gasteiger partial charge is 0.387 e. The molecule has 2 aromatic carbocycles. The highest BCUT2D eigenvalue weighted by Gasteiger charge is 2.40. The number of amides is 1. The lowest BCUT2D eigenvalue weighted by Crippen LogP contribution is -3.10. The molecule has 2 aliphatic heterocycles. The average molecular weight is 618 g/mol. The highest BCUT2D eigenvalue weighted by atomic mass is 32.2. The van der Waals surface area contributed by atoms with Crippen LogP contribution in [0, 0.1) is 21.2 Å². The molecule has 1 saturated carbocycles. The van der Waals surface area contributed by atoms with Crippen LogP contribution in [-0.4, -0.2) is 59.2 Å². The van der Waals surface area contributed by atoms with E-state index in [9.17, 15) is 33.7 Å². The van der Waals surface area contributed by atoms with Gasteiger partial charge in [0, 0.05) is 42.0 Å². The number of hydrogen-bond acceptors (Lipinski definition) is 9. The molecule has 0 aromatic heterocycles. The van der Waals surface area contributed by atoms with E-state index in [1.807, 2.05) is 0 Å². The first-order valence-electron chi connectivity index (χ1n) is 13.6. The van der Waals surface area contributed by atoms with Gasteiger partial charge in [-0.1, -0.05) is 6.08 Å². The normalized spacial score (nSPS) is 22.9. The Labute approximate surface area is 249 Å². The van der Waals surface area contributed by atoms with Crippen molar-refractivity contribution < 1.29 is 42.6 Å². The number of rotatable bonds is 12. The van der Waals surface area contributed by atoms with Gasteiger partial charge in [-0.05, 0) is 61.2 Å². The number of allylic oxidation sites excluding steroid dienone is 2. The minimum atomic E-state index is -3.05. The van der Waals surface area contributed by atoms with Gasteiger partial charge in [0.15, 0.2) is 16.9 Å². The molecule has 0 radical (unpaired) electrons. The number of carbonyl (C=O) groups excluding carboxylic acids is 2. The molecule has 2 aromatic rings. The van der Waals surface area contributed by atoms with Crippen molar-refractivity contribution in [3.8, 4) is 11.5 Å². The third kappa shape index (κ3) is 6.98. The van der Waals surface area contributed by atoms with E-state index in [1.54, 1.807) is 18.2 Å². The van der Waals surface area contributed by atoms with E-state index in [0.29, 0.717) is 23.8 Å². The molecular weight excluding hydrogens is 588 g/mol. The van der Waals surface area contributed by atoms with E-state index in [0.717, 1.165) is 12.8 Å². The second-order valence-corrected chi connectivity index (χ2v) is 11.5. The van der Waals surface area contributed by atoms with Gasteiger partial charge in [0.1, 0.15) is 5.54 Å². The molecule has 43 heavy (non-hydrogen) atoms. The fourth-order valence-corrected chi connectivity index (χ4v) is 6.03. The number of nitro benzene ring substituents is 1. The van der Waals surface area contributed by atoms with Crippen molar-refractivity contribution in [2.45, 2.75) is 36.8 Å². The molecule has 1 saturated heterocycles. The number of hydroxylamine groups is 2. The zero-order chi connectivity index (χ0) is 30.6. The summed E-state index contributed by atoms with van der Waals surface area (Å²) in [5.41, 5.74) is -0.746. The maximum absolute atomic E-state index is 13.3. The largest absolute Gasteiger partial charge is 0.628 e. The summed E-state index contributed by atoms with van der Waals surface area (Å²) >= 11 is 1.23. The minimum Gasteiger partial charge on any atom is -0.628 e. The number of non-ortho nitro benzene ring substituents is 1. The molecular formula is C29H29F2N3O8S. The van der Waals surface area contributed by atoms with Gasteiger partial charge in [-0.25, -0.2) is 4.79 Å². The van der Waals surface area contributed by atoms with Gasteiger partial charge in [-0.3, -0.25) is 14.9 Å². The second kappa shape index (κ2) is 13.1. The second-order valence-electron chi connectivity index (χ2n) is 10.3. The molecule has 14 heteroatoms. The van der Waals surface area contributed by atoms with Crippen LogP contribution in [0.2, 0.25) is 0 Å². The van der Waals surface area contributed by atoms with Crippen LogP contribution in [-0.2, 0) is 15.1 Å². The van der Waals surface area contributed by atoms with Gasteiger partial charge in [0.2, 0.25) is 0 Å². The van der Waals surface area contributed by atoms with Crippen molar-refractivity contribution >= 4 is 29.3 Å². The molecule has 1 N–H and O–H groups in total. The Hall–Kier alpha value is -4.01. The first-order valence-corrected chi connectivity index (χ1v) is 14.7. The topological polar surface area (TPSA) is 136 Å². The highest BCUT2D eigenvalue weighted by molar-refractivity contribution is 8.00. The van der Waals surface area contributed by atoms with Crippen LogP contribution in [0.25, 0.3) is 0 Å². The van der Waals surface area contributed by atoms with Crippen LogP contribution in [0.4, 0.5) is 14.5 Å². The molecule has 228 valence electrons. The Balaban J connectivity index is 1.29. The molecule has 1 aliphatic carbocycles. The Morgan fingerprint density at radius 3 is 2.58 bits per heavy atom. The number of quaternary nitrogens is 1. The quantitative estimate of drug-likeness (QED) is 0.163. The van der Waals surface area contributed by atoms with Crippen molar-refractivity contribution in [1.82, 2.24) is 4.90 Å². The average Bonchev–Trinajstić information content (AvgIpc) is 3.69. The van der Waals surface area contributed by atoms with Gasteiger partial charge in [0.05, 0.1) is 24.3 Å². The molecule has 5 rings (SSSR count). The molecule has 3 atom stereocenters. The molecule has 2 fully saturated rings. The summed E-state index contributed by atoms with van der Waals surface area (Å²) in [6.45, 7) is -2.60. The predicted octanol–water partition coefficient (Wildman–Crippen LogP) is 3.80. The molecule has 0 spiro atoms. The van der Waals surface area contributed by atoms with E-state index in [1.165, 1.54) is 65.3 Å².